The summed E-state index contributed by atoms with van der Waals surface area (Å²) < 4.78 is 0. The van der Waals surface area contributed by atoms with Gasteiger partial charge in [0.05, 0.1) is 23.3 Å². The number of hydrogen-bond acceptors (Lipinski definition) is 6. The molecule has 0 saturated carbocycles. The van der Waals surface area contributed by atoms with Gasteiger partial charge < -0.3 is 0 Å². The van der Waals surface area contributed by atoms with E-state index in [0.29, 0.717) is 5.56 Å². The van der Waals surface area contributed by atoms with E-state index >= 15 is 0 Å². The van der Waals surface area contributed by atoms with Crippen LogP contribution in [0.3, 0.4) is 0 Å². The van der Waals surface area contributed by atoms with Crippen molar-refractivity contribution in [3.05, 3.63) is 52.7 Å². The molecule has 1 unspecified atom stereocenters. The quantitative estimate of drug-likeness (QED) is 0.725. The average molecular weight is 282 g/mol. The Labute approximate surface area is 126 Å². The van der Waals surface area contributed by atoms with Gasteiger partial charge >= 0.3 is 0 Å². The molecule has 0 amide bonds. The maximum Gasteiger partial charge on any atom is 0.186 e. The molecule has 1 aliphatic rings. The second-order valence-electron chi connectivity index (χ2n) is 4.22. The van der Waals surface area contributed by atoms with Crippen molar-refractivity contribution in [2.75, 3.05) is 0 Å². The van der Waals surface area contributed by atoms with Crippen LogP contribution in [0, 0.1) is 56.8 Å². The summed E-state index contributed by atoms with van der Waals surface area (Å²) in [6.07, 6.45) is 1.70. The predicted octanol–water partition coefficient (Wildman–Crippen LogP) is 1.95. The molecule has 1 heterocycles. The Morgan fingerprint density at radius 1 is 0.864 bits per heavy atom. The lowest BCUT2D eigenvalue weighted by molar-refractivity contribution is 0.471. The van der Waals surface area contributed by atoms with Gasteiger partial charge in [-0.15, -0.1) is 0 Å². The zero-order valence-corrected chi connectivity index (χ0v) is 11.1. The van der Waals surface area contributed by atoms with Crippen LogP contribution in [-0.4, -0.2) is 10.9 Å². The van der Waals surface area contributed by atoms with Crippen LogP contribution in [-0.2, 0) is 0 Å². The number of allylic oxidation sites excluding steroid dienone is 3. The fraction of sp³-hybridized carbons (Fsp3) is 0.0625. The molecule has 6 nitrogen and oxygen atoms in total. The molecule has 6 heteroatoms. The second-order valence-corrected chi connectivity index (χ2v) is 4.22. The normalized spacial score (nSPS) is 16.9. The molecule has 0 spiro atoms. The maximum atomic E-state index is 9.40. The molecular weight excluding hydrogens is 276 g/mol. The molecule has 1 aliphatic heterocycles. The summed E-state index contributed by atoms with van der Waals surface area (Å²) >= 11 is 0. The minimum absolute atomic E-state index is 0.0224. The first-order valence-corrected chi connectivity index (χ1v) is 6.06. The van der Waals surface area contributed by atoms with Crippen molar-refractivity contribution in [1.82, 2.24) is 4.90 Å². The zero-order valence-electron chi connectivity index (χ0n) is 11.1. The summed E-state index contributed by atoms with van der Waals surface area (Å²) in [7, 11) is 0. The van der Waals surface area contributed by atoms with Crippen molar-refractivity contribution >= 4 is 5.57 Å². The minimum atomic E-state index is -1.23. The highest BCUT2D eigenvalue weighted by atomic mass is 15.2. The first-order valence-electron chi connectivity index (χ1n) is 6.06. The summed E-state index contributed by atoms with van der Waals surface area (Å²) in [5.41, 5.74) is 0.430. The van der Waals surface area contributed by atoms with Crippen molar-refractivity contribution in [2.24, 2.45) is 0 Å². The topological polar surface area (TPSA) is 122 Å². The van der Waals surface area contributed by atoms with Crippen molar-refractivity contribution < 1.29 is 0 Å². The predicted molar refractivity (Wildman–Crippen MR) is 74.1 cm³/mol. The lowest BCUT2D eigenvalue weighted by atomic mass is 9.86. The van der Waals surface area contributed by atoms with E-state index in [4.69, 9.17) is 0 Å². The fourth-order valence-corrected chi connectivity index (χ4v) is 2.24. The molecule has 0 bridgehead atoms. The molecule has 2 rings (SSSR count). The molecule has 1 atom stereocenters. The van der Waals surface area contributed by atoms with Gasteiger partial charge in [0.15, 0.2) is 12.2 Å². The molecule has 100 valence electrons. The Kier molecular flexibility index (Phi) is 3.88. The summed E-state index contributed by atoms with van der Waals surface area (Å²) in [5, 5.41) is 46.5. The SMILES string of the molecule is N#CC1=C(C#N)N(C#N)C(C#N)C(C#N)=C1c1ccccc1. The molecule has 1 aromatic carbocycles. The molecule has 0 radical (unpaired) electrons. The Hall–Kier alpha value is -4.05. The van der Waals surface area contributed by atoms with Crippen molar-refractivity contribution in [1.29, 1.82) is 26.3 Å². The van der Waals surface area contributed by atoms with Crippen LogP contribution >= 0.6 is 0 Å². The third kappa shape index (κ3) is 2.03. The van der Waals surface area contributed by atoms with Crippen LogP contribution < -0.4 is 0 Å². The molecule has 0 N–H and O–H groups in total. The van der Waals surface area contributed by atoms with E-state index in [9.17, 15) is 26.3 Å². The molecule has 22 heavy (non-hydrogen) atoms. The molecular formula is C16H6N6. The summed E-state index contributed by atoms with van der Waals surface area (Å²) in [6, 6.07) is 14.7. The van der Waals surface area contributed by atoms with Gasteiger partial charge in [-0.05, 0) is 5.56 Å². The van der Waals surface area contributed by atoms with Crippen LogP contribution in [0.2, 0.25) is 0 Å². The van der Waals surface area contributed by atoms with E-state index < -0.39 is 6.04 Å². The highest BCUT2D eigenvalue weighted by Crippen LogP contribution is 2.37. The van der Waals surface area contributed by atoms with Crippen molar-refractivity contribution in [3.63, 3.8) is 0 Å². The standard InChI is InChI=1S/C16H6N6/c17-6-12-14(8-19)22(10-21)15(9-20)13(7-18)16(12)11-4-2-1-3-5-11/h1-5,14H. The molecule has 1 aromatic rings. The third-order valence-corrected chi connectivity index (χ3v) is 3.16. The Balaban J connectivity index is 2.91. The highest BCUT2D eigenvalue weighted by Gasteiger charge is 2.36. The molecule has 0 fully saturated rings. The lowest BCUT2D eigenvalue weighted by Crippen LogP contribution is -2.35. The van der Waals surface area contributed by atoms with Gasteiger partial charge in [0, 0.05) is 5.57 Å². The number of benzene rings is 1. The number of rotatable bonds is 1. The first-order chi connectivity index (χ1) is 10.7. The monoisotopic (exact) mass is 282 g/mol. The largest absolute Gasteiger partial charge is 0.246 e. The van der Waals surface area contributed by atoms with E-state index in [0.717, 1.165) is 4.90 Å². The van der Waals surface area contributed by atoms with E-state index in [1.54, 1.807) is 42.6 Å². The zero-order chi connectivity index (χ0) is 16.1. The summed E-state index contributed by atoms with van der Waals surface area (Å²) in [6.45, 7) is 0. The summed E-state index contributed by atoms with van der Waals surface area (Å²) in [4.78, 5) is 0.795. The van der Waals surface area contributed by atoms with Crippen LogP contribution in [0.15, 0.2) is 47.2 Å². The second kappa shape index (κ2) is 5.94. The number of nitriles is 5. The van der Waals surface area contributed by atoms with Crippen LogP contribution in [0.25, 0.3) is 5.57 Å². The smallest absolute Gasteiger partial charge is 0.186 e. The lowest BCUT2D eigenvalue weighted by Gasteiger charge is -2.27. The molecule has 0 aliphatic carbocycles. The number of nitrogens with zero attached hydrogens (tertiary/aromatic N) is 6. The highest BCUT2D eigenvalue weighted by molar-refractivity contribution is 5.90. The van der Waals surface area contributed by atoms with E-state index in [2.05, 4.69) is 0 Å². The van der Waals surface area contributed by atoms with E-state index in [1.807, 2.05) is 18.2 Å². The molecule has 0 aromatic heterocycles. The summed E-state index contributed by atoms with van der Waals surface area (Å²) in [5.74, 6) is 0. The van der Waals surface area contributed by atoms with Crippen molar-refractivity contribution in [2.45, 2.75) is 6.04 Å². The maximum absolute atomic E-state index is 9.40. The number of hydrogen-bond donors (Lipinski definition) is 0. The van der Waals surface area contributed by atoms with Gasteiger partial charge in [-0.2, -0.15) is 26.3 Å². The van der Waals surface area contributed by atoms with Gasteiger partial charge in [0.1, 0.15) is 17.8 Å². The minimum Gasteiger partial charge on any atom is -0.246 e. The van der Waals surface area contributed by atoms with Crippen LogP contribution in [0.1, 0.15) is 5.56 Å². The van der Waals surface area contributed by atoms with Crippen molar-refractivity contribution in [3.8, 4) is 30.5 Å². The van der Waals surface area contributed by atoms with E-state index in [1.165, 1.54) is 0 Å². The van der Waals surface area contributed by atoms with Gasteiger partial charge in [0.2, 0.25) is 0 Å². The first kappa shape index (κ1) is 14.4. The Morgan fingerprint density at radius 3 is 2.00 bits per heavy atom. The van der Waals surface area contributed by atoms with Gasteiger partial charge in [0.25, 0.3) is 0 Å². The van der Waals surface area contributed by atoms with Gasteiger partial charge in [-0.1, -0.05) is 30.3 Å². The third-order valence-electron chi connectivity index (χ3n) is 3.16. The van der Waals surface area contributed by atoms with E-state index in [-0.39, 0.29) is 22.4 Å². The van der Waals surface area contributed by atoms with Gasteiger partial charge in [-0.25, -0.2) is 4.90 Å². The Morgan fingerprint density at radius 2 is 1.55 bits per heavy atom. The van der Waals surface area contributed by atoms with Crippen LogP contribution in [0.4, 0.5) is 0 Å². The fourth-order valence-electron chi connectivity index (χ4n) is 2.24. The van der Waals surface area contributed by atoms with Crippen LogP contribution in [0.5, 0.6) is 0 Å². The molecule has 0 saturated heterocycles. The van der Waals surface area contributed by atoms with Gasteiger partial charge in [-0.3, -0.25) is 0 Å². The average Bonchev–Trinajstić information content (AvgIpc) is 2.59. The Bertz CT molecular complexity index is 888.